The lowest BCUT2D eigenvalue weighted by Crippen LogP contribution is -2.17. The van der Waals surface area contributed by atoms with Crippen molar-refractivity contribution in [2.75, 3.05) is 13.2 Å². The Morgan fingerprint density at radius 1 is 1.29 bits per heavy atom. The SMILES string of the molecule is OC[C@H]1CO[C@@H](Cc2ccccc2)O1. The summed E-state index contributed by atoms with van der Waals surface area (Å²) in [5, 5.41) is 8.84. The van der Waals surface area contributed by atoms with Gasteiger partial charge < -0.3 is 14.6 Å². The maximum Gasteiger partial charge on any atom is 0.162 e. The first-order valence-corrected chi connectivity index (χ1v) is 4.80. The van der Waals surface area contributed by atoms with E-state index in [0.29, 0.717) is 6.61 Å². The maximum atomic E-state index is 8.84. The third-order valence-corrected chi connectivity index (χ3v) is 2.26. The van der Waals surface area contributed by atoms with Gasteiger partial charge in [0, 0.05) is 6.42 Å². The fourth-order valence-electron chi connectivity index (χ4n) is 1.52. The number of rotatable bonds is 3. The van der Waals surface area contributed by atoms with E-state index in [1.54, 1.807) is 0 Å². The molecule has 76 valence electrons. The molecule has 1 aromatic rings. The van der Waals surface area contributed by atoms with Crippen LogP contribution in [0.25, 0.3) is 0 Å². The predicted molar refractivity (Wildman–Crippen MR) is 51.8 cm³/mol. The van der Waals surface area contributed by atoms with E-state index in [1.165, 1.54) is 5.56 Å². The highest BCUT2D eigenvalue weighted by Crippen LogP contribution is 2.15. The van der Waals surface area contributed by atoms with Crippen LogP contribution in [0.15, 0.2) is 30.3 Å². The molecule has 0 amide bonds. The number of aliphatic hydroxyl groups is 1. The molecular weight excluding hydrogens is 180 g/mol. The summed E-state index contributed by atoms with van der Waals surface area (Å²) in [6.07, 6.45) is 0.399. The summed E-state index contributed by atoms with van der Waals surface area (Å²) in [6.45, 7) is 0.527. The topological polar surface area (TPSA) is 38.7 Å². The zero-order valence-electron chi connectivity index (χ0n) is 7.93. The van der Waals surface area contributed by atoms with Crippen molar-refractivity contribution in [1.82, 2.24) is 0 Å². The molecule has 2 atom stereocenters. The van der Waals surface area contributed by atoms with E-state index in [4.69, 9.17) is 14.6 Å². The molecule has 1 fully saturated rings. The minimum atomic E-state index is -0.199. The average Bonchev–Trinajstić information content (AvgIpc) is 2.67. The first-order valence-electron chi connectivity index (χ1n) is 4.80. The lowest BCUT2D eigenvalue weighted by Gasteiger charge is -2.09. The highest BCUT2D eigenvalue weighted by atomic mass is 16.7. The van der Waals surface area contributed by atoms with Crippen molar-refractivity contribution in [2.45, 2.75) is 18.8 Å². The van der Waals surface area contributed by atoms with Gasteiger partial charge in [-0.1, -0.05) is 30.3 Å². The molecule has 0 spiro atoms. The van der Waals surface area contributed by atoms with Gasteiger partial charge in [0.05, 0.1) is 13.2 Å². The smallest absolute Gasteiger partial charge is 0.162 e. The molecule has 0 radical (unpaired) electrons. The first kappa shape index (κ1) is 9.65. The fraction of sp³-hybridized carbons (Fsp3) is 0.455. The number of benzene rings is 1. The van der Waals surface area contributed by atoms with Crippen LogP contribution in [0.1, 0.15) is 5.56 Å². The maximum absolute atomic E-state index is 8.84. The van der Waals surface area contributed by atoms with Gasteiger partial charge >= 0.3 is 0 Å². The molecule has 1 heterocycles. The second-order valence-electron chi connectivity index (χ2n) is 3.39. The van der Waals surface area contributed by atoms with Crippen molar-refractivity contribution in [1.29, 1.82) is 0 Å². The van der Waals surface area contributed by atoms with Gasteiger partial charge in [0.25, 0.3) is 0 Å². The number of hydrogen-bond acceptors (Lipinski definition) is 3. The lowest BCUT2D eigenvalue weighted by atomic mass is 10.1. The van der Waals surface area contributed by atoms with E-state index in [9.17, 15) is 0 Å². The average molecular weight is 194 g/mol. The minimum absolute atomic E-state index is 0.0330. The Kier molecular flexibility index (Phi) is 3.14. The molecule has 14 heavy (non-hydrogen) atoms. The van der Waals surface area contributed by atoms with Crippen molar-refractivity contribution >= 4 is 0 Å². The van der Waals surface area contributed by atoms with E-state index in [-0.39, 0.29) is 19.0 Å². The van der Waals surface area contributed by atoms with Crippen molar-refractivity contribution in [3.63, 3.8) is 0 Å². The van der Waals surface area contributed by atoms with Crippen molar-refractivity contribution in [2.24, 2.45) is 0 Å². The summed E-state index contributed by atoms with van der Waals surface area (Å²) in [4.78, 5) is 0. The number of aliphatic hydroxyl groups excluding tert-OH is 1. The van der Waals surface area contributed by atoms with Crippen LogP contribution < -0.4 is 0 Å². The lowest BCUT2D eigenvalue weighted by molar-refractivity contribution is -0.0632. The zero-order chi connectivity index (χ0) is 9.80. The molecular formula is C11H14O3. The molecule has 0 bridgehead atoms. The molecule has 0 saturated carbocycles. The van der Waals surface area contributed by atoms with Crippen LogP contribution in [-0.2, 0) is 15.9 Å². The first-order chi connectivity index (χ1) is 6.88. The van der Waals surface area contributed by atoms with Crippen LogP contribution >= 0.6 is 0 Å². The molecule has 1 N–H and O–H groups in total. The molecule has 0 aromatic heterocycles. The zero-order valence-corrected chi connectivity index (χ0v) is 7.93. The Bertz CT molecular complexity index is 273. The van der Waals surface area contributed by atoms with Crippen molar-refractivity contribution in [3.8, 4) is 0 Å². The van der Waals surface area contributed by atoms with Gasteiger partial charge in [-0.05, 0) is 5.56 Å². The molecule has 1 aliphatic rings. The second-order valence-corrected chi connectivity index (χ2v) is 3.39. The van der Waals surface area contributed by atoms with Crippen LogP contribution in [0.3, 0.4) is 0 Å². The predicted octanol–water partition coefficient (Wildman–Crippen LogP) is 0.963. The molecule has 3 heteroatoms. The Balaban J connectivity index is 1.88. The Morgan fingerprint density at radius 3 is 2.71 bits per heavy atom. The summed E-state index contributed by atoms with van der Waals surface area (Å²) in [6, 6.07) is 10.1. The Hall–Kier alpha value is -0.900. The highest BCUT2D eigenvalue weighted by Gasteiger charge is 2.25. The fourth-order valence-corrected chi connectivity index (χ4v) is 1.52. The van der Waals surface area contributed by atoms with Gasteiger partial charge in [-0.15, -0.1) is 0 Å². The van der Waals surface area contributed by atoms with E-state index in [1.807, 2.05) is 30.3 Å². The van der Waals surface area contributed by atoms with Crippen molar-refractivity contribution in [3.05, 3.63) is 35.9 Å². The van der Waals surface area contributed by atoms with Gasteiger partial charge in [-0.2, -0.15) is 0 Å². The van der Waals surface area contributed by atoms with Crippen LogP contribution in [0.4, 0.5) is 0 Å². The normalized spacial score (nSPS) is 26.6. The van der Waals surface area contributed by atoms with E-state index >= 15 is 0 Å². The van der Waals surface area contributed by atoms with Crippen LogP contribution in [-0.4, -0.2) is 30.7 Å². The third kappa shape index (κ3) is 2.32. The molecule has 1 aromatic carbocycles. The van der Waals surface area contributed by atoms with E-state index < -0.39 is 0 Å². The summed E-state index contributed by atoms with van der Waals surface area (Å²) in [5.74, 6) is 0. The monoisotopic (exact) mass is 194 g/mol. The van der Waals surface area contributed by atoms with E-state index in [0.717, 1.165) is 6.42 Å². The number of hydrogen-bond donors (Lipinski definition) is 1. The van der Waals surface area contributed by atoms with Gasteiger partial charge in [0.1, 0.15) is 6.10 Å². The largest absolute Gasteiger partial charge is 0.394 e. The Morgan fingerprint density at radius 2 is 2.07 bits per heavy atom. The molecule has 1 saturated heterocycles. The van der Waals surface area contributed by atoms with Crippen LogP contribution in [0, 0.1) is 0 Å². The quantitative estimate of drug-likeness (QED) is 0.779. The summed E-state index contributed by atoms with van der Waals surface area (Å²) >= 11 is 0. The Labute approximate surface area is 83.3 Å². The highest BCUT2D eigenvalue weighted by molar-refractivity contribution is 5.15. The van der Waals surface area contributed by atoms with Gasteiger partial charge in [-0.25, -0.2) is 0 Å². The standard InChI is InChI=1S/C11H14O3/c12-7-10-8-13-11(14-10)6-9-4-2-1-3-5-9/h1-5,10-12H,6-8H2/t10-,11+/m0/s1. The van der Waals surface area contributed by atoms with Gasteiger partial charge in [-0.3, -0.25) is 0 Å². The molecule has 1 aliphatic heterocycles. The van der Waals surface area contributed by atoms with Crippen molar-refractivity contribution < 1.29 is 14.6 Å². The summed E-state index contributed by atoms with van der Waals surface area (Å²) < 4.78 is 10.8. The molecule has 3 nitrogen and oxygen atoms in total. The van der Waals surface area contributed by atoms with Crippen LogP contribution in [0.2, 0.25) is 0 Å². The molecule has 0 unspecified atom stereocenters. The van der Waals surface area contributed by atoms with E-state index in [2.05, 4.69) is 0 Å². The third-order valence-electron chi connectivity index (χ3n) is 2.26. The number of ether oxygens (including phenoxy) is 2. The summed E-state index contributed by atoms with van der Waals surface area (Å²) in [5.41, 5.74) is 1.19. The molecule has 0 aliphatic carbocycles. The van der Waals surface area contributed by atoms with Gasteiger partial charge in [0.2, 0.25) is 0 Å². The molecule has 2 rings (SSSR count). The minimum Gasteiger partial charge on any atom is -0.394 e. The van der Waals surface area contributed by atoms with Gasteiger partial charge in [0.15, 0.2) is 6.29 Å². The summed E-state index contributed by atoms with van der Waals surface area (Å²) in [7, 11) is 0. The van der Waals surface area contributed by atoms with Crippen LogP contribution in [0.5, 0.6) is 0 Å². The second kappa shape index (κ2) is 4.55.